The van der Waals surface area contributed by atoms with E-state index in [2.05, 4.69) is 4.98 Å². The van der Waals surface area contributed by atoms with Gasteiger partial charge in [-0.2, -0.15) is 0 Å². The van der Waals surface area contributed by atoms with Crippen molar-refractivity contribution in [1.29, 1.82) is 0 Å². The number of hydrogen-bond acceptors (Lipinski definition) is 7. The third-order valence-corrected chi connectivity index (χ3v) is 6.08. The molecule has 0 aliphatic carbocycles. The van der Waals surface area contributed by atoms with Gasteiger partial charge < -0.3 is 14.6 Å². The molecule has 1 unspecified atom stereocenters. The van der Waals surface area contributed by atoms with Crippen LogP contribution in [0.25, 0.3) is 5.76 Å². The molecule has 1 fully saturated rings. The minimum absolute atomic E-state index is 0.0354. The number of methoxy groups -OCH3 is 1. The predicted octanol–water partition coefficient (Wildman–Crippen LogP) is 5.59. The van der Waals surface area contributed by atoms with Gasteiger partial charge in [0.1, 0.15) is 17.6 Å². The van der Waals surface area contributed by atoms with Crippen molar-refractivity contribution in [2.75, 3.05) is 12.0 Å². The fraction of sp³-hybridized carbons (Fsp3) is 0.185. The van der Waals surface area contributed by atoms with Crippen molar-refractivity contribution < 1.29 is 29.0 Å². The van der Waals surface area contributed by atoms with Gasteiger partial charge in [0.2, 0.25) is 0 Å². The Morgan fingerprint density at radius 1 is 1.08 bits per heavy atom. The molecule has 190 valence electrons. The summed E-state index contributed by atoms with van der Waals surface area (Å²) < 4.78 is 10.6. The average molecular weight is 541 g/mol. The molecule has 0 saturated carbocycles. The SMILES string of the molecule is COc1c(Cl)cc(Cl)cc1/C(O)=C1\C(=O)C(=O)N(c2cccc(C(=O)OC(C)C)c2)C1c1ccccn1. The smallest absolute Gasteiger partial charge is 0.338 e. The summed E-state index contributed by atoms with van der Waals surface area (Å²) >= 11 is 12.4. The molecule has 37 heavy (non-hydrogen) atoms. The number of aliphatic hydroxyl groups excluding tert-OH is 1. The summed E-state index contributed by atoms with van der Waals surface area (Å²) in [7, 11) is 1.35. The van der Waals surface area contributed by atoms with Crippen molar-refractivity contribution in [3.63, 3.8) is 0 Å². The van der Waals surface area contributed by atoms with Crippen molar-refractivity contribution >= 4 is 52.3 Å². The van der Waals surface area contributed by atoms with Crippen LogP contribution in [0, 0.1) is 0 Å². The molecule has 1 atom stereocenters. The first-order valence-electron chi connectivity index (χ1n) is 11.2. The maximum atomic E-state index is 13.4. The molecule has 3 aromatic rings. The quantitative estimate of drug-likeness (QED) is 0.188. The van der Waals surface area contributed by atoms with Crippen molar-refractivity contribution in [2.45, 2.75) is 26.0 Å². The first-order chi connectivity index (χ1) is 17.6. The van der Waals surface area contributed by atoms with Gasteiger partial charge in [0.15, 0.2) is 0 Å². The third kappa shape index (κ3) is 5.03. The minimum Gasteiger partial charge on any atom is -0.507 e. The molecule has 2 heterocycles. The molecule has 4 rings (SSSR count). The van der Waals surface area contributed by atoms with E-state index in [1.165, 1.54) is 36.4 Å². The van der Waals surface area contributed by atoms with Crippen LogP contribution in [0.4, 0.5) is 5.69 Å². The molecule has 8 nitrogen and oxygen atoms in total. The second-order valence-electron chi connectivity index (χ2n) is 8.40. The number of nitrogens with zero attached hydrogens (tertiary/aromatic N) is 2. The minimum atomic E-state index is -1.12. The highest BCUT2D eigenvalue weighted by Gasteiger charge is 2.48. The second-order valence-corrected chi connectivity index (χ2v) is 9.24. The maximum Gasteiger partial charge on any atom is 0.338 e. The lowest BCUT2D eigenvalue weighted by Gasteiger charge is -2.25. The van der Waals surface area contributed by atoms with Crippen LogP contribution in [0.1, 0.15) is 41.5 Å². The predicted molar refractivity (Wildman–Crippen MR) is 139 cm³/mol. The van der Waals surface area contributed by atoms with Crippen LogP contribution in [0.5, 0.6) is 5.75 Å². The zero-order valence-corrected chi connectivity index (χ0v) is 21.6. The van der Waals surface area contributed by atoms with E-state index < -0.39 is 29.5 Å². The Morgan fingerprint density at radius 2 is 1.84 bits per heavy atom. The Kier molecular flexibility index (Phi) is 7.52. The largest absolute Gasteiger partial charge is 0.507 e. The van der Waals surface area contributed by atoms with Crippen LogP contribution in [-0.4, -0.2) is 41.0 Å². The Bertz CT molecular complexity index is 1420. The summed E-state index contributed by atoms with van der Waals surface area (Å²) in [6.45, 7) is 3.44. The summed E-state index contributed by atoms with van der Waals surface area (Å²) in [6.07, 6.45) is 1.15. The van der Waals surface area contributed by atoms with Crippen LogP contribution in [0.15, 0.2) is 66.4 Å². The molecule has 1 N–H and O–H groups in total. The number of hydrogen-bond donors (Lipinski definition) is 1. The second kappa shape index (κ2) is 10.6. The van der Waals surface area contributed by atoms with E-state index in [0.717, 1.165) is 0 Å². The lowest BCUT2D eigenvalue weighted by atomic mass is 9.97. The van der Waals surface area contributed by atoms with Crippen molar-refractivity contribution in [3.8, 4) is 5.75 Å². The van der Waals surface area contributed by atoms with Crippen LogP contribution in [0.2, 0.25) is 10.0 Å². The number of ether oxygens (including phenoxy) is 2. The van der Waals surface area contributed by atoms with Gasteiger partial charge in [0.05, 0.1) is 40.6 Å². The van der Waals surface area contributed by atoms with E-state index in [-0.39, 0.29) is 44.3 Å². The monoisotopic (exact) mass is 540 g/mol. The summed E-state index contributed by atoms with van der Waals surface area (Å²) in [4.78, 5) is 44.8. The number of carbonyl (C=O) groups excluding carboxylic acids is 3. The molecule has 10 heteroatoms. The molecule has 2 aromatic carbocycles. The highest BCUT2D eigenvalue weighted by Crippen LogP contribution is 2.44. The number of amides is 1. The summed E-state index contributed by atoms with van der Waals surface area (Å²) in [5.74, 6) is -2.91. The number of carbonyl (C=O) groups is 3. The number of Topliss-reactive ketones (excluding diaryl/α,β-unsaturated/α-hetero) is 1. The van der Waals surface area contributed by atoms with Crippen molar-refractivity contribution in [2.24, 2.45) is 0 Å². The van der Waals surface area contributed by atoms with Gasteiger partial charge in [-0.25, -0.2) is 4.79 Å². The van der Waals surface area contributed by atoms with Crippen LogP contribution in [-0.2, 0) is 14.3 Å². The van der Waals surface area contributed by atoms with E-state index in [9.17, 15) is 19.5 Å². The van der Waals surface area contributed by atoms with Crippen molar-refractivity contribution in [1.82, 2.24) is 4.98 Å². The Labute approximate surface area is 223 Å². The lowest BCUT2D eigenvalue weighted by molar-refractivity contribution is -0.132. The number of ketones is 1. The zero-order valence-electron chi connectivity index (χ0n) is 20.1. The average Bonchev–Trinajstić information content (AvgIpc) is 3.13. The van der Waals surface area contributed by atoms with Gasteiger partial charge in [-0.3, -0.25) is 19.5 Å². The molecule has 0 spiro atoms. The number of halogens is 2. The van der Waals surface area contributed by atoms with Gasteiger partial charge in [0.25, 0.3) is 11.7 Å². The molecule has 1 aliphatic heterocycles. The third-order valence-electron chi connectivity index (χ3n) is 5.58. The van der Waals surface area contributed by atoms with Gasteiger partial charge in [-0.15, -0.1) is 0 Å². The molecule has 1 aliphatic rings. The van der Waals surface area contributed by atoms with Crippen LogP contribution < -0.4 is 9.64 Å². The van der Waals surface area contributed by atoms with E-state index in [1.54, 1.807) is 50.2 Å². The fourth-order valence-corrected chi connectivity index (χ4v) is 4.64. The topological polar surface area (TPSA) is 106 Å². The van der Waals surface area contributed by atoms with Gasteiger partial charge >= 0.3 is 5.97 Å². The van der Waals surface area contributed by atoms with E-state index in [1.807, 2.05) is 0 Å². The molecule has 1 aromatic heterocycles. The van der Waals surface area contributed by atoms with Gasteiger partial charge in [0, 0.05) is 16.9 Å². The number of aromatic nitrogens is 1. The summed E-state index contributed by atoms with van der Waals surface area (Å²) in [5, 5.41) is 11.7. The molecule has 0 bridgehead atoms. The van der Waals surface area contributed by atoms with E-state index in [4.69, 9.17) is 32.7 Å². The number of benzene rings is 2. The Balaban J connectivity index is 1.94. The lowest BCUT2D eigenvalue weighted by Crippen LogP contribution is -2.30. The first-order valence-corrected chi connectivity index (χ1v) is 12.0. The molecular weight excluding hydrogens is 519 g/mol. The Hall–Kier alpha value is -3.88. The van der Waals surface area contributed by atoms with Crippen LogP contribution >= 0.6 is 23.2 Å². The van der Waals surface area contributed by atoms with E-state index >= 15 is 0 Å². The number of esters is 1. The molecule has 1 amide bonds. The number of aliphatic hydroxyl groups is 1. The van der Waals surface area contributed by atoms with Gasteiger partial charge in [-0.05, 0) is 56.3 Å². The number of anilines is 1. The van der Waals surface area contributed by atoms with Gasteiger partial charge in [-0.1, -0.05) is 35.3 Å². The molecule has 1 saturated heterocycles. The number of rotatable bonds is 6. The maximum absolute atomic E-state index is 13.4. The highest BCUT2D eigenvalue weighted by molar-refractivity contribution is 6.52. The van der Waals surface area contributed by atoms with Crippen LogP contribution in [0.3, 0.4) is 0 Å². The zero-order chi connectivity index (χ0) is 26.9. The highest BCUT2D eigenvalue weighted by atomic mass is 35.5. The van der Waals surface area contributed by atoms with Crippen molar-refractivity contribution in [3.05, 3.63) is 93.2 Å². The standard InChI is InChI=1S/C27H22Cl2N2O6/c1-14(2)37-27(35)15-7-6-8-17(11-15)31-22(20-9-4-5-10-30-20)21(24(33)26(31)34)23(32)18-12-16(28)13-19(29)25(18)36-3/h4-14,22,32H,1-3H3/b23-21+. The normalized spacial score (nSPS) is 16.8. The fourth-order valence-electron chi connectivity index (χ4n) is 4.07. The molecular formula is C27H22Cl2N2O6. The number of pyridine rings is 1. The summed E-state index contributed by atoms with van der Waals surface area (Å²) in [6, 6.07) is 12.8. The first kappa shape index (κ1) is 26.2. The molecule has 0 radical (unpaired) electrons. The Morgan fingerprint density at radius 3 is 2.49 bits per heavy atom. The van der Waals surface area contributed by atoms with E-state index in [0.29, 0.717) is 5.69 Å². The summed E-state index contributed by atoms with van der Waals surface area (Å²) in [5.41, 5.74) is 0.538.